The molecule has 0 aliphatic carbocycles. The molecule has 0 radical (unpaired) electrons. The van der Waals surface area contributed by atoms with E-state index in [1.807, 2.05) is 32.1 Å². The minimum Gasteiger partial charge on any atom is -0.389 e. The topological polar surface area (TPSA) is 20.2 Å². The summed E-state index contributed by atoms with van der Waals surface area (Å²) in [4.78, 5) is 0. The van der Waals surface area contributed by atoms with E-state index in [2.05, 4.69) is 6.08 Å². The van der Waals surface area contributed by atoms with Gasteiger partial charge in [-0.25, -0.2) is 0 Å². The van der Waals surface area contributed by atoms with Crippen LogP contribution in [0.5, 0.6) is 0 Å². The number of hydrogen-bond acceptors (Lipinski definition) is 1. The van der Waals surface area contributed by atoms with E-state index in [-0.39, 0.29) is 6.10 Å². The van der Waals surface area contributed by atoms with Crippen molar-refractivity contribution in [2.45, 2.75) is 39.2 Å². The second-order valence-corrected chi connectivity index (χ2v) is 2.59. The van der Waals surface area contributed by atoms with E-state index in [0.717, 1.165) is 19.3 Å². The van der Waals surface area contributed by atoms with Crippen LogP contribution in [0.15, 0.2) is 24.3 Å². The molecule has 0 aliphatic rings. The number of allylic oxidation sites excluding steroid dienone is 3. The molecule has 1 N–H and O–H groups in total. The quantitative estimate of drug-likeness (QED) is 0.477. The van der Waals surface area contributed by atoms with Crippen molar-refractivity contribution in [1.82, 2.24) is 0 Å². The van der Waals surface area contributed by atoms with Crippen molar-refractivity contribution in [2.75, 3.05) is 0 Å². The average molecular weight is 154 g/mol. The van der Waals surface area contributed by atoms with E-state index < -0.39 is 0 Å². The highest BCUT2D eigenvalue weighted by atomic mass is 16.3. The highest BCUT2D eigenvalue weighted by molar-refractivity contribution is 4.86. The van der Waals surface area contributed by atoms with Crippen LogP contribution in [0, 0.1) is 0 Å². The Morgan fingerprint density at radius 3 is 2.55 bits per heavy atom. The summed E-state index contributed by atoms with van der Waals surface area (Å²) < 4.78 is 0. The first-order valence-electron chi connectivity index (χ1n) is 4.23. The third kappa shape index (κ3) is 7.34. The van der Waals surface area contributed by atoms with E-state index in [1.54, 1.807) is 0 Å². The lowest BCUT2D eigenvalue weighted by Crippen LogP contribution is -2.00. The fraction of sp³-hybridized carbons (Fsp3) is 0.600. The van der Waals surface area contributed by atoms with Crippen molar-refractivity contribution in [3.8, 4) is 0 Å². The molecule has 0 rings (SSSR count). The van der Waals surface area contributed by atoms with Gasteiger partial charge >= 0.3 is 0 Å². The lowest BCUT2D eigenvalue weighted by molar-refractivity contribution is 0.210. The minimum atomic E-state index is -0.245. The van der Waals surface area contributed by atoms with Crippen LogP contribution in [-0.2, 0) is 0 Å². The molecular weight excluding hydrogens is 136 g/mol. The predicted octanol–water partition coefficient (Wildman–Crippen LogP) is 2.67. The van der Waals surface area contributed by atoms with Crippen molar-refractivity contribution in [2.24, 2.45) is 0 Å². The molecule has 0 fully saturated rings. The molecule has 1 unspecified atom stereocenters. The molecule has 1 heteroatoms. The zero-order valence-electron chi connectivity index (χ0n) is 7.46. The number of hydrogen-bond donors (Lipinski definition) is 1. The van der Waals surface area contributed by atoms with Crippen LogP contribution in [0.25, 0.3) is 0 Å². The summed E-state index contributed by atoms with van der Waals surface area (Å²) in [5.41, 5.74) is 0. The third-order valence-corrected chi connectivity index (χ3v) is 1.52. The molecule has 0 aromatic heterocycles. The molecule has 0 spiro atoms. The molecule has 0 aliphatic heterocycles. The molecule has 0 saturated carbocycles. The van der Waals surface area contributed by atoms with Crippen molar-refractivity contribution < 1.29 is 5.11 Å². The summed E-state index contributed by atoms with van der Waals surface area (Å²) in [5, 5.41) is 9.24. The molecule has 0 aromatic carbocycles. The van der Waals surface area contributed by atoms with Gasteiger partial charge in [-0.15, -0.1) is 0 Å². The Morgan fingerprint density at radius 1 is 1.27 bits per heavy atom. The zero-order chi connectivity index (χ0) is 8.53. The molecular formula is C10H18O. The van der Waals surface area contributed by atoms with Gasteiger partial charge in [0.15, 0.2) is 0 Å². The van der Waals surface area contributed by atoms with Gasteiger partial charge in [-0.2, -0.15) is 0 Å². The first-order chi connectivity index (χ1) is 5.31. The molecule has 11 heavy (non-hydrogen) atoms. The lowest BCUT2D eigenvalue weighted by atomic mass is 10.1. The Morgan fingerprint density at radius 2 is 2.00 bits per heavy atom. The average Bonchev–Trinajstić information content (AvgIpc) is 1.99. The summed E-state index contributed by atoms with van der Waals surface area (Å²) in [6.07, 6.45) is 10.7. The highest BCUT2D eigenvalue weighted by Gasteiger charge is 1.95. The molecule has 0 amide bonds. The molecule has 0 bridgehead atoms. The summed E-state index contributed by atoms with van der Waals surface area (Å²) in [7, 11) is 0. The van der Waals surface area contributed by atoms with Gasteiger partial charge in [-0.05, 0) is 33.1 Å². The fourth-order valence-electron chi connectivity index (χ4n) is 0.930. The van der Waals surface area contributed by atoms with Crippen LogP contribution in [0.1, 0.15) is 33.1 Å². The summed E-state index contributed by atoms with van der Waals surface area (Å²) in [6, 6.07) is 0. The normalized spacial score (nSPS) is 14.8. The maximum Gasteiger partial charge on any atom is 0.0720 e. The van der Waals surface area contributed by atoms with Gasteiger partial charge in [0.05, 0.1) is 6.10 Å². The first kappa shape index (κ1) is 10.4. The van der Waals surface area contributed by atoms with Gasteiger partial charge in [0.2, 0.25) is 0 Å². The van der Waals surface area contributed by atoms with Crippen LogP contribution < -0.4 is 0 Å². The van der Waals surface area contributed by atoms with Crippen molar-refractivity contribution in [1.29, 1.82) is 0 Å². The summed E-state index contributed by atoms with van der Waals surface area (Å²) >= 11 is 0. The van der Waals surface area contributed by atoms with Gasteiger partial charge in [-0.3, -0.25) is 0 Å². The number of aliphatic hydroxyl groups is 1. The Hall–Kier alpha value is -0.560. The van der Waals surface area contributed by atoms with Gasteiger partial charge in [-0.1, -0.05) is 24.3 Å². The highest BCUT2D eigenvalue weighted by Crippen LogP contribution is 2.02. The fourth-order valence-corrected chi connectivity index (χ4v) is 0.930. The summed E-state index contributed by atoms with van der Waals surface area (Å²) in [5.74, 6) is 0. The second-order valence-electron chi connectivity index (χ2n) is 2.59. The molecule has 0 heterocycles. The van der Waals surface area contributed by atoms with E-state index in [9.17, 15) is 5.11 Å². The SMILES string of the molecule is C/C=C/CCCC(O)/C=C/C. The predicted molar refractivity (Wildman–Crippen MR) is 49.5 cm³/mol. The van der Waals surface area contributed by atoms with Crippen molar-refractivity contribution in [3.05, 3.63) is 24.3 Å². The van der Waals surface area contributed by atoms with Crippen LogP contribution in [0.2, 0.25) is 0 Å². The molecule has 64 valence electrons. The van der Waals surface area contributed by atoms with Crippen LogP contribution >= 0.6 is 0 Å². The smallest absolute Gasteiger partial charge is 0.0720 e. The van der Waals surface area contributed by atoms with Crippen molar-refractivity contribution >= 4 is 0 Å². The van der Waals surface area contributed by atoms with Gasteiger partial charge in [0, 0.05) is 0 Å². The van der Waals surface area contributed by atoms with E-state index in [0.29, 0.717) is 0 Å². The molecule has 0 aromatic rings. The Labute approximate surface area is 69.4 Å². The maximum atomic E-state index is 9.24. The van der Waals surface area contributed by atoms with Crippen molar-refractivity contribution in [3.63, 3.8) is 0 Å². The Kier molecular flexibility index (Phi) is 7.16. The minimum absolute atomic E-state index is 0.245. The summed E-state index contributed by atoms with van der Waals surface area (Å²) in [6.45, 7) is 3.94. The van der Waals surface area contributed by atoms with E-state index >= 15 is 0 Å². The number of rotatable bonds is 5. The maximum absolute atomic E-state index is 9.24. The first-order valence-corrected chi connectivity index (χ1v) is 4.23. The van der Waals surface area contributed by atoms with Gasteiger partial charge in [0.1, 0.15) is 0 Å². The zero-order valence-corrected chi connectivity index (χ0v) is 7.46. The van der Waals surface area contributed by atoms with Crippen LogP contribution in [0.4, 0.5) is 0 Å². The lowest BCUT2D eigenvalue weighted by Gasteiger charge is -2.01. The van der Waals surface area contributed by atoms with Crippen LogP contribution in [-0.4, -0.2) is 11.2 Å². The molecule has 1 nitrogen and oxygen atoms in total. The Balaban J connectivity index is 3.23. The Bertz CT molecular complexity index is 125. The second kappa shape index (κ2) is 7.55. The standard InChI is InChI=1S/C10H18O/c1-3-5-6-7-9-10(11)8-4-2/h3-5,8,10-11H,6-7,9H2,1-2H3/b5-3+,8-4+. The van der Waals surface area contributed by atoms with E-state index in [1.165, 1.54) is 0 Å². The number of aliphatic hydroxyl groups excluding tert-OH is 1. The van der Waals surface area contributed by atoms with Gasteiger partial charge in [0.25, 0.3) is 0 Å². The third-order valence-electron chi connectivity index (χ3n) is 1.52. The van der Waals surface area contributed by atoms with Crippen LogP contribution in [0.3, 0.4) is 0 Å². The molecule has 1 atom stereocenters. The monoisotopic (exact) mass is 154 g/mol. The molecule has 0 saturated heterocycles. The largest absolute Gasteiger partial charge is 0.389 e. The van der Waals surface area contributed by atoms with E-state index in [4.69, 9.17) is 0 Å². The van der Waals surface area contributed by atoms with Gasteiger partial charge < -0.3 is 5.11 Å². The number of unbranched alkanes of at least 4 members (excludes halogenated alkanes) is 1.